The molecular formula is C23H22N2O3. The van der Waals surface area contributed by atoms with E-state index in [9.17, 15) is 9.59 Å². The van der Waals surface area contributed by atoms with E-state index in [-0.39, 0.29) is 18.0 Å². The number of hydrogen-bond acceptors (Lipinski definition) is 3. The third-order valence-corrected chi connectivity index (χ3v) is 5.18. The van der Waals surface area contributed by atoms with Gasteiger partial charge >= 0.3 is 0 Å². The third kappa shape index (κ3) is 3.69. The van der Waals surface area contributed by atoms with Crippen LogP contribution in [0.4, 0.5) is 0 Å². The average Bonchev–Trinajstić information content (AvgIpc) is 3.17. The summed E-state index contributed by atoms with van der Waals surface area (Å²) in [5.74, 6) is 1.19. The van der Waals surface area contributed by atoms with E-state index < -0.39 is 0 Å². The van der Waals surface area contributed by atoms with Gasteiger partial charge in [0.25, 0.3) is 11.5 Å². The molecular weight excluding hydrogens is 352 g/mol. The smallest absolute Gasteiger partial charge is 0.253 e. The van der Waals surface area contributed by atoms with Gasteiger partial charge in [-0.25, -0.2) is 0 Å². The number of fused-ring (bicyclic) bond motifs is 1. The monoisotopic (exact) mass is 374 g/mol. The summed E-state index contributed by atoms with van der Waals surface area (Å²) >= 11 is 0. The number of aromatic amines is 1. The lowest BCUT2D eigenvalue weighted by atomic mass is 10.0. The van der Waals surface area contributed by atoms with Crippen molar-refractivity contribution in [3.8, 4) is 11.5 Å². The van der Waals surface area contributed by atoms with Gasteiger partial charge in [-0.15, -0.1) is 0 Å². The number of nitrogens with one attached hydrogen (secondary N) is 2. The van der Waals surface area contributed by atoms with Gasteiger partial charge in [0, 0.05) is 23.4 Å². The minimum atomic E-state index is -0.217. The molecule has 3 aromatic rings. The van der Waals surface area contributed by atoms with Crippen molar-refractivity contribution >= 4 is 5.91 Å². The van der Waals surface area contributed by atoms with Gasteiger partial charge in [-0.1, -0.05) is 18.2 Å². The Morgan fingerprint density at radius 3 is 2.50 bits per heavy atom. The second-order valence-corrected chi connectivity index (χ2v) is 6.99. The van der Waals surface area contributed by atoms with Gasteiger partial charge in [-0.3, -0.25) is 9.59 Å². The van der Waals surface area contributed by atoms with Crippen LogP contribution >= 0.6 is 0 Å². The van der Waals surface area contributed by atoms with Gasteiger partial charge in [-0.05, 0) is 73.7 Å². The van der Waals surface area contributed by atoms with E-state index in [1.54, 1.807) is 24.3 Å². The maximum Gasteiger partial charge on any atom is 0.253 e. The molecule has 5 nitrogen and oxygen atoms in total. The number of hydrogen-bond donors (Lipinski definition) is 2. The molecule has 0 radical (unpaired) electrons. The zero-order valence-corrected chi connectivity index (χ0v) is 15.7. The Bertz CT molecular complexity index is 1050. The van der Waals surface area contributed by atoms with E-state index in [0.29, 0.717) is 16.9 Å². The first kappa shape index (κ1) is 18.0. The van der Waals surface area contributed by atoms with Gasteiger partial charge in [0.1, 0.15) is 11.5 Å². The SMILES string of the molecule is Cc1c2c([nH]c(=O)c1CNC(=O)c1ccc(Oc3ccccc3)cc1)CCC2. The Balaban J connectivity index is 1.43. The number of aromatic nitrogens is 1. The molecule has 1 heterocycles. The first-order valence-corrected chi connectivity index (χ1v) is 9.46. The summed E-state index contributed by atoms with van der Waals surface area (Å²) < 4.78 is 5.74. The molecule has 0 atom stereocenters. The van der Waals surface area contributed by atoms with E-state index >= 15 is 0 Å². The Morgan fingerprint density at radius 1 is 1.04 bits per heavy atom. The van der Waals surface area contributed by atoms with Gasteiger partial charge < -0.3 is 15.0 Å². The van der Waals surface area contributed by atoms with Crippen molar-refractivity contribution < 1.29 is 9.53 Å². The Kier molecular flexibility index (Phi) is 4.98. The molecule has 1 aliphatic rings. The normalized spacial score (nSPS) is 12.5. The summed E-state index contributed by atoms with van der Waals surface area (Å²) in [4.78, 5) is 27.8. The predicted octanol–water partition coefficient (Wildman–Crippen LogP) is 3.89. The summed E-state index contributed by atoms with van der Waals surface area (Å²) in [5, 5.41) is 2.86. The van der Waals surface area contributed by atoms with Crippen LogP contribution in [0.25, 0.3) is 0 Å². The molecule has 0 saturated heterocycles. The van der Waals surface area contributed by atoms with Crippen molar-refractivity contribution in [3.05, 3.63) is 92.9 Å². The van der Waals surface area contributed by atoms with Crippen molar-refractivity contribution in [2.45, 2.75) is 32.7 Å². The Hall–Kier alpha value is -3.34. The highest BCUT2D eigenvalue weighted by Crippen LogP contribution is 2.24. The number of amides is 1. The second-order valence-electron chi connectivity index (χ2n) is 6.99. The van der Waals surface area contributed by atoms with Gasteiger partial charge in [-0.2, -0.15) is 0 Å². The topological polar surface area (TPSA) is 71.2 Å². The fourth-order valence-corrected chi connectivity index (χ4v) is 3.64. The highest BCUT2D eigenvalue weighted by Gasteiger charge is 2.19. The lowest BCUT2D eigenvalue weighted by molar-refractivity contribution is 0.0950. The van der Waals surface area contributed by atoms with Crippen molar-refractivity contribution in [1.82, 2.24) is 10.3 Å². The zero-order valence-electron chi connectivity index (χ0n) is 15.7. The van der Waals surface area contributed by atoms with Crippen molar-refractivity contribution in [2.24, 2.45) is 0 Å². The third-order valence-electron chi connectivity index (χ3n) is 5.18. The van der Waals surface area contributed by atoms with Crippen LogP contribution in [-0.4, -0.2) is 10.9 Å². The van der Waals surface area contributed by atoms with Crippen LogP contribution in [0.15, 0.2) is 59.4 Å². The fraction of sp³-hybridized carbons (Fsp3) is 0.217. The van der Waals surface area contributed by atoms with Crippen molar-refractivity contribution in [2.75, 3.05) is 0 Å². The summed E-state index contributed by atoms with van der Waals surface area (Å²) in [5.41, 5.74) is 4.33. The quantitative estimate of drug-likeness (QED) is 0.712. The number of carbonyl (C=O) groups excluding carboxylic acids is 1. The van der Waals surface area contributed by atoms with Gasteiger partial charge in [0.05, 0.1) is 0 Å². The van der Waals surface area contributed by atoms with Crippen LogP contribution in [0.3, 0.4) is 0 Å². The maximum atomic E-state index is 12.5. The number of benzene rings is 2. The number of rotatable bonds is 5. The van der Waals surface area contributed by atoms with Crippen LogP contribution in [0.2, 0.25) is 0 Å². The molecule has 0 aliphatic heterocycles. The van der Waals surface area contributed by atoms with E-state index in [0.717, 1.165) is 36.3 Å². The van der Waals surface area contributed by atoms with Crippen LogP contribution in [0.5, 0.6) is 11.5 Å². The number of aryl methyl sites for hydroxylation is 1. The molecule has 1 aromatic heterocycles. The number of para-hydroxylation sites is 1. The Labute approximate surface area is 163 Å². The predicted molar refractivity (Wildman–Crippen MR) is 108 cm³/mol. The van der Waals surface area contributed by atoms with Crippen molar-refractivity contribution in [3.63, 3.8) is 0 Å². The molecule has 0 fully saturated rings. The van der Waals surface area contributed by atoms with Gasteiger partial charge in [0.2, 0.25) is 0 Å². The molecule has 142 valence electrons. The van der Waals surface area contributed by atoms with E-state index in [4.69, 9.17) is 4.74 Å². The van der Waals surface area contributed by atoms with Crippen LogP contribution in [0, 0.1) is 6.92 Å². The van der Waals surface area contributed by atoms with Crippen LogP contribution in [0.1, 0.15) is 39.2 Å². The molecule has 4 rings (SSSR count). The number of pyridine rings is 1. The molecule has 1 amide bonds. The van der Waals surface area contributed by atoms with E-state index in [1.165, 1.54) is 5.56 Å². The minimum absolute atomic E-state index is 0.106. The van der Waals surface area contributed by atoms with Crippen LogP contribution < -0.4 is 15.6 Å². The largest absolute Gasteiger partial charge is 0.457 e. The van der Waals surface area contributed by atoms with Crippen molar-refractivity contribution in [1.29, 1.82) is 0 Å². The molecule has 1 aliphatic carbocycles. The molecule has 2 aromatic carbocycles. The summed E-state index contributed by atoms with van der Waals surface area (Å²) in [6.45, 7) is 2.19. The number of carbonyl (C=O) groups is 1. The first-order valence-electron chi connectivity index (χ1n) is 9.46. The second kappa shape index (κ2) is 7.72. The molecule has 5 heteroatoms. The van der Waals surface area contributed by atoms with E-state index in [2.05, 4.69) is 10.3 Å². The highest BCUT2D eigenvalue weighted by molar-refractivity contribution is 5.94. The molecule has 0 saturated carbocycles. The molecule has 0 spiro atoms. The standard InChI is InChI=1S/C23H22N2O3/c1-15-19-8-5-9-21(19)25-23(27)20(15)14-24-22(26)16-10-12-18(13-11-16)28-17-6-3-2-4-7-17/h2-4,6-7,10-13H,5,8-9,14H2,1H3,(H,24,26)(H,25,27). The molecule has 0 bridgehead atoms. The number of ether oxygens (including phenoxy) is 1. The highest BCUT2D eigenvalue weighted by atomic mass is 16.5. The number of H-pyrrole nitrogens is 1. The minimum Gasteiger partial charge on any atom is -0.457 e. The summed E-state index contributed by atoms with van der Waals surface area (Å²) in [7, 11) is 0. The Morgan fingerprint density at radius 2 is 1.75 bits per heavy atom. The van der Waals surface area contributed by atoms with E-state index in [1.807, 2.05) is 37.3 Å². The summed E-state index contributed by atoms with van der Waals surface area (Å²) in [6.07, 6.45) is 2.98. The fourth-order valence-electron chi connectivity index (χ4n) is 3.64. The lowest BCUT2D eigenvalue weighted by Gasteiger charge is -2.11. The van der Waals surface area contributed by atoms with Gasteiger partial charge in [0.15, 0.2) is 0 Å². The molecule has 0 unspecified atom stereocenters. The average molecular weight is 374 g/mol. The lowest BCUT2D eigenvalue weighted by Crippen LogP contribution is -2.28. The molecule has 28 heavy (non-hydrogen) atoms. The van der Waals surface area contributed by atoms with Crippen LogP contribution in [-0.2, 0) is 19.4 Å². The maximum absolute atomic E-state index is 12.5. The first-order chi connectivity index (χ1) is 13.6. The molecule has 2 N–H and O–H groups in total. The zero-order chi connectivity index (χ0) is 19.5. The summed E-state index contributed by atoms with van der Waals surface area (Å²) in [6, 6.07) is 16.4.